The first kappa shape index (κ1) is 63.8. The number of ether oxygens (including phenoxy) is 4. The molecule has 0 aliphatic heterocycles. The van der Waals surface area contributed by atoms with Crippen molar-refractivity contribution in [3.05, 3.63) is 41.2 Å². The molecule has 0 atom stereocenters. The first-order valence-electron chi connectivity index (χ1n) is 6.47. The molecule has 0 saturated heterocycles. The van der Waals surface area contributed by atoms with Gasteiger partial charge in [-0.1, -0.05) is 42.9 Å². The van der Waals surface area contributed by atoms with Crippen molar-refractivity contribution in [3.63, 3.8) is 0 Å². The van der Waals surface area contributed by atoms with E-state index >= 15 is 0 Å². The number of hydrogen-bond donors (Lipinski definition) is 0. The van der Waals surface area contributed by atoms with Gasteiger partial charge in [-0.25, -0.2) is 7.11 Å². The molecule has 0 fully saturated rings. The first-order chi connectivity index (χ1) is 10.2. The van der Waals surface area contributed by atoms with Crippen LogP contribution >= 0.6 is 0 Å². The summed E-state index contributed by atoms with van der Waals surface area (Å²) in [7, 11) is 6.43. The van der Waals surface area contributed by atoms with Gasteiger partial charge in [0.15, 0.2) is 0 Å². The van der Waals surface area contributed by atoms with E-state index in [0.717, 1.165) is 0 Å². The summed E-state index contributed by atoms with van der Waals surface area (Å²) in [4.78, 5) is 9.32. The fourth-order valence-corrected chi connectivity index (χ4v) is 1.40. The Bertz CT molecular complexity index is 197. The molecule has 29 heavy (non-hydrogen) atoms. The monoisotopic (exact) mass is 724 g/mol. The van der Waals surface area contributed by atoms with Crippen molar-refractivity contribution in [2.45, 2.75) is 29.7 Å². The van der Waals surface area contributed by atoms with Gasteiger partial charge in [0, 0.05) is 137 Å². The SMILES string of the molecule is C.C.C.C.C=C.[CH2-]COCC(COC[CH2-])(COCCO[CH2-])COO[CH2-].[Y].[Y].[Y].[Y]. The Morgan fingerprint density at radius 1 is 0.621 bits per heavy atom. The summed E-state index contributed by atoms with van der Waals surface area (Å²) < 4.78 is 20.9. The van der Waals surface area contributed by atoms with Crippen LogP contribution in [-0.2, 0) is 160 Å². The average molecular weight is 724 g/mol. The maximum absolute atomic E-state index is 5.51. The molecule has 0 aromatic heterocycles. The van der Waals surface area contributed by atoms with Crippen LogP contribution in [0.2, 0.25) is 0 Å². The van der Waals surface area contributed by atoms with Gasteiger partial charge in [-0.3, -0.25) is 4.89 Å². The normalized spacial score (nSPS) is 8.00. The maximum Gasteiger partial charge on any atom is 0.0910 e. The minimum Gasteiger partial charge on any atom is -0.553 e. The standard InChI is InChI=1S/C13H24O6.C2H4.4CH4.4Y/c1-5-16-9-13(10-17-6-2,12-19-15-4)11-18-8-7-14-3;1-2;;;;;;;;/h1-12H2;1-2H2;4*1H4;;;;/q-4;;;;;;;;;. The molecule has 0 heterocycles. The molecular weight excluding hydrogens is 680 g/mol. The van der Waals surface area contributed by atoms with Gasteiger partial charge < -0.3 is 37.7 Å². The topological polar surface area (TPSA) is 55.4 Å². The number of hydrogen-bond acceptors (Lipinski definition) is 6. The van der Waals surface area contributed by atoms with Crippen molar-refractivity contribution in [1.82, 2.24) is 0 Å². The van der Waals surface area contributed by atoms with E-state index in [9.17, 15) is 0 Å². The van der Waals surface area contributed by atoms with Gasteiger partial charge in [0.05, 0.1) is 38.4 Å². The van der Waals surface area contributed by atoms with Gasteiger partial charge in [0.2, 0.25) is 0 Å². The maximum atomic E-state index is 5.51. The summed E-state index contributed by atoms with van der Waals surface area (Å²) in [5.41, 5.74) is -0.506. The van der Waals surface area contributed by atoms with E-state index in [1.54, 1.807) is 0 Å². The largest absolute Gasteiger partial charge is 0.553 e. The fourth-order valence-electron chi connectivity index (χ4n) is 1.40. The second kappa shape index (κ2) is 53.3. The Hall–Kier alpha value is 3.92. The molecule has 6 nitrogen and oxygen atoms in total. The van der Waals surface area contributed by atoms with E-state index in [1.807, 2.05) is 0 Å². The first-order valence-corrected chi connectivity index (χ1v) is 6.47. The van der Waals surface area contributed by atoms with Crippen LogP contribution in [0, 0.1) is 33.5 Å². The Kier molecular flexibility index (Phi) is 117. The van der Waals surface area contributed by atoms with Crippen molar-refractivity contribution in [2.24, 2.45) is 5.41 Å². The van der Waals surface area contributed by atoms with Crippen molar-refractivity contribution < 1.29 is 160 Å². The van der Waals surface area contributed by atoms with Crippen molar-refractivity contribution in [1.29, 1.82) is 0 Å². The summed E-state index contributed by atoms with van der Waals surface area (Å²) in [5.74, 6) is 0. The fraction of sp³-hybridized carbons (Fsp3) is 0.684. The second-order valence-corrected chi connectivity index (χ2v) is 3.95. The van der Waals surface area contributed by atoms with Crippen molar-refractivity contribution in [3.8, 4) is 0 Å². The van der Waals surface area contributed by atoms with Crippen LogP contribution in [0.15, 0.2) is 13.2 Å². The van der Waals surface area contributed by atoms with E-state index in [1.165, 1.54) is 0 Å². The Balaban J connectivity index is -0.0000000436. The third-order valence-corrected chi connectivity index (χ3v) is 2.33. The molecule has 0 unspecified atom stereocenters. The predicted octanol–water partition coefficient (Wildman–Crippen LogP) is 4.58. The molecule has 0 bridgehead atoms. The van der Waals surface area contributed by atoms with Gasteiger partial charge in [-0.2, -0.15) is 7.11 Å². The third kappa shape index (κ3) is 42.5. The van der Waals surface area contributed by atoms with E-state index in [2.05, 4.69) is 50.8 Å². The van der Waals surface area contributed by atoms with Crippen LogP contribution in [0.25, 0.3) is 0 Å². The molecule has 172 valence electrons. The minimum absolute atomic E-state index is 0. The molecule has 10 heteroatoms. The summed E-state index contributed by atoms with van der Waals surface area (Å²) in [6, 6.07) is 0. The van der Waals surface area contributed by atoms with Crippen LogP contribution in [0.3, 0.4) is 0 Å². The average Bonchev–Trinajstić information content (AvgIpc) is 2.54. The zero-order chi connectivity index (χ0) is 16.4. The summed E-state index contributed by atoms with van der Waals surface area (Å²) >= 11 is 0. The third-order valence-electron chi connectivity index (χ3n) is 2.33. The molecule has 0 aliphatic carbocycles. The van der Waals surface area contributed by atoms with E-state index in [4.69, 9.17) is 19.1 Å². The van der Waals surface area contributed by atoms with Crippen LogP contribution in [0.4, 0.5) is 0 Å². The van der Waals surface area contributed by atoms with Gasteiger partial charge in [0.1, 0.15) is 0 Å². The van der Waals surface area contributed by atoms with Crippen LogP contribution in [0.1, 0.15) is 29.7 Å². The smallest absolute Gasteiger partial charge is 0.0910 e. The van der Waals surface area contributed by atoms with Gasteiger partial charge in [0.25, 0.3) is 0 Å². The number of rotatable bonds is 14. The molecule has 0 N–H and O–H groups in total. The second-order valence-electron chi connectivity index (χ2n) is 3.95. The molecule has 0 amide bonds. The Labute approximate surface area is 284 Å². The van der Waals surface area contributed by atoms with E-state index in [0.29, 0.717) is 46.2 Å². The predicted molar refractivity (Wildman–Crippen MR) is 107 cm³/mol. The summed E-state index contributed by atoms with van der Waals surface area (Å²) in [5, 5.41) is 0. The van der Waals surface area contributed by atoms with E-state index in [-0.39, 0.29) is 167 Å². The molecule has 0 aromatic rings. The van der Waals surface area contributed by atoms with Crippen LogP contribution in [-0.4, -0.2) is 52.9 Å². The van der Waals surface area contributed by atoms with Crippen molar-refractivity contribution in [2.75, 3.05) is 52.9 Å². The summed E-state index contributed by atoms with van der Waals surface area (Å²) in [6.07, 6.45) is 0. The zero-order valence-electron chi connectivity index (χ0n) is 15.2. The minimum atomic E-state index is -0.506. The molecule has 0 spiro atoms. The Morgan fingerprint density at radius 3 is 1.31 bits per heavy atom. The van der Waals surface area contributed by atoms with Gasteiger partial charge >= 0.3 is 0 Å². The molecular formula is C19H44O6Y4-4. The Morgan fingerprint density at radius 2 is 1.00 bits per heavy atom. The summed E-state index contributed by atoms with van der Waals surface area (Å²) in [6.45, 7) is 16.1. The molecule has 0 aromatic carbocycles. The molecule has 0 saturated carbocycles. The zero-order valence-corrected chi connectivity index (χ0v) is 26.5. The molecule has 4 radical (unpaired) electrons. The quantitative estimate of drug-likeness (QED) is 0.0862. The van der Waals surface area contributed by atoms with Crippen molar-refractivity contribution >= 4 is 0 Å². The molecule has 0 aliphatic rings. The van der Waals surface area contributed by atoms with Crippen LogP contribution < -0.4 is 0 Å². The molecule has 0 rings (SSSR count). The van der Waals surface area contributed by atoms with Crippen LogP contribution in [0.5, 0.6) is 0 Å². The van der Waals surface area contributed by atoms with E-state index < -0.39 is 5.41 Å². The van der Waals surface area contributed by atoms with Gasteiger partial charge in [-0.15, -0.1) is 13.2 Å². The van der Waals surface area contributed by atoms with Gasteiger partial charge in [-0.05, 0) is 0 Å².